The van der Waals surface area contributed by atoms with E-state index in [0.717, 1.165) is 25.0 Å². The van der Waals surface area contributed by atoms with E-state index in [-0.39, 0.29) is 12.4 Å². The van der Waals surface area contributed by atoms with Crippen LogP contribution in [0.5, 0.6) is 5.75 Å². The molecular formula is C12H14F2O3. The molecule has 3 nitrogen and oxygen atoms in total. The molecule has 0 aliphatic heterocycles. The fourth-order valence-corrected chi connectivity index (χ4v) is 1.08. The third kappa shape index (κ3) is 4.80. The van der Waals surface area contributed by atoms with Crippen molar-refractivity contribution >= 4 is 5.97 Å². The highest BCUT2D eigenvalue weighted by Gasteiger charge is 2.06. The largest absolute Gasteiger partial charge is 0.482 e. The smallest absolute Gasteiger partial charge is 0.344 e. The molecule has 0 radical (unpaired) electrons. The minimum absolute atomic E-state index is 0.0938. The Labute approximate surface area is 98.3 Å². The number of carbonyl (C=O) groups is 1. The summed E-state index contributed by atoms with van der Waals surface area (Å²) in [5, 5.41) is 0. The van der Waals surface area contributed by atoms with E-state index in [2.05, 4.69) is 0 Å². The molecule has 0 saturated heterocycles. The van der Waals surface area contributed by atoms with E-state index in [1.807, 2.05) is 6.92 Å². The van der Waals surface area contributed by atoms with Crippen molar-refractivity contribution in [3.8, 4) is 5.75 Å². The Morgan fingerprint density at radius 3 is 2.71 bits per heavy atom. The molecule has 0 heterocycles. The quantitative estimate of drug-likeness (QED) is 0.570. The average Bonchev–Trinajstić information content (AvgIpc) is 2.31. The minimum atomic E-state index is -1.01. The van der Waals surface area contributed by atoms with Crippen molar-refractivity contribution in [1.29, 1.82) is 0 Å². The second-order valence-corrected chi connectivity index (χ2v) is 3.44. The van der Waals surface area contributed by atoms with Crippen LogP contribution in [0.2, 0.25) is 0 Å². The number of benzene rings is 1. The molecule has 1 rings (SSSR count). The molecule has 0 spiro atoms. The maximum Gasteiger partial charge on any atom is 0.344 e. The lowest BCUT2D eigenvalue weighted by Crippen LogP contribution is -2.15. The van der Waals surface area contributed by atoms with Crippen molar-refractivity contribution in [1.82, 2.24) is 0 Å². The van der Waals surface area contributed by atoms with Gasteiger partial charge in [-0.2, -0.15) is 0 Å². The van der Waals surface area contributed by atoms with Gasteiger partial charge in [0.2, 0.25) is 0 Å². The zero-order valence-corrected chi connectivity index (χ0v) is 9.54. The zero-order valence-electron chi connectivity index (χ0n) is 9.54. The van der Waals surface area contributed by atoms with E-state index < -0.39 is 17.6 Å². The first-order valence-corrected chi connectivity index (χ1v) is 5.37. The molecule has 0 unspecified atom stereocenters. The molecule has 0 N–H and O–H groups in total. The van der Waals surface area contributed by atoms with Crippen molar-refractivity contribution in [2.45, 2.75) is 19.8 Å². The normalized spacial score (nSPS) is 10.1. The first kappa shape index (κ1) is 13.4. The standard InChI is InChI=1S/C12H14F2O3/c1-2-3-6-16-12(15)8-17-9-4-5-10(13)11(14)7-9/h4-5,7H,2-3,6,8H2,1H3. The van der Waals surface area contributed by atoms with Crippen LogP contribution in [0.4, 0.5) is 8.78 Å². The summed E-state index contributed by atoms with van der Waals surface area (Å²) in [6.45, 7) is 2.01. The van der Waals surface area contributed by atoms with Gasteiger partial charge in [0.05, 0.1) is 6.61 Å². The molecule has 0 aliphatic carbocycles. The molecule has 94 valence electrons. The average molecular weight is 244 g/mol. The van der Waals surface area contributed by atoms with Gasteiger partial charge in [-0.3, -0.25) is 0 Å². The number of rotatable bonds is 6. The number of hydrogen-bond acceptors (Lipinski definition) is 3. The van der Waals surface area contributed by atoms with Crippen molar-refractivity contribution in [3.63, 3.8) is 0 Å². The van der Waals surface area contributed by atoms with Gasteiger partial charge >= 0.3 is 5.97 Å². The van der Waals surface area contributed by atoms with Crippen molar-refractivity contribution in [3.05, 3.63) is 29.8 Å². The summed E-state index contributed by atoms with van der Waals surface area (Å²) in [6, 6.07) is 3.07. The predicted octanol–water partition coefficient (Wildman–Crippen LogP) is 2.69. The van der Waals surface area contributed by atoms with Gasteiger partial charge in [0.1, 0.15) is 5.75 Å². The molecule has 0 bridgehead atoms. The molecule has 0 saturated carbocycles. The second kappa shape index (κ2) is 6.83. The number of hydrogen-bond donors (Lipinski definition) is 0. The number of carbonyl (C=O) groups excluding carboxylic acids is 1. The number of unbranched alkanes of at least 4 members (excludes halogenated alkanes) is 1. The first-order valence-electron chi connectivity index (χ1n) is 5.37. The van der Waals surface area contributed by atoms with Gasteiger partial charge < -0.3 is 9.47 Å². The molecule has 17 heavy (non-hydrogen) atoms. The van der Waals surface area contributed by atoms with Crippen LogP contribution < -0.4 is 4.74 Å². The number of halogens is 2. The lowest BCUT2D eigenvalue weighted by molar-refractivity contribution is -0.146. The second-order valence-electron chi connectivity index (χ2n) is 3.44. The van der Waals surface area contributed by atoms with E-state index >= 15 is 0 Å². The lowest BCUT2D eigenvalue weighted by atomic mass is 10.3. The van der Waals surface area contributed by atoms with Crippen LogP contribution in [-0.2, 0) is 9.53 Å². The van der Waals surface area contributed by atoms with Crippen LogP contribution in [0.25, 0.3) is 0 Å². The van der Waals surface area contributed by atoms with Gasteiger partial charge in [0.15, 0.2) is 18.2 Å². The molecule has 5 heteroatoms. The van der Waals surface area contributed by atoms with Gasteiger partial charge in [0.25, 0.3) is 0 Å². The topological polar surface area (TPSA) is 35.5 Å². The summed E-state index contributed by atoms with van der Waals surface area (Å²) in [5.41, 5.74) is 0. The first-order chi connectivity index (χ1) is 8.13. The van der Waals surface area contributed by atoms with Gasteiger partial charge in [-0.1, -0.05) is 13.3 Å². The fraction of sp³-hybridized carbons (Fsp3) is 0.417. The molecule has 0 aliphatic rings. The maximum absolute atomic E-state index is 12.8. The Hall–Kier alpha value is -1.65. The van der Waals surface area contributed by atoms with Gasteiger partial charge in [-0.15, -0.1) is 0 Å². The van der Waals surface area contributed by atoms with E-state index in [0.29, 0.717) is 6.61 Å². The Bertz CT molecular complexity index is 380. The SMILES string of the molecule is CCCCOC(=O)COc1ccc(F)c(F)c1. The highest BCUT2D eigenvalue weighted by atomic mass is 19.2. The summed E-state index contributed by atoms with van der Waals surface area (Å²) in [4.78, 5) is 11.1. The van der Waals surface area contributed by atoms with E-state index in [9.17, 15) is 13.6 Å². The summed E-state index contributed by atoms with van der Waals surface area (Å²) >= 11 is 0. The van der Waals surface area contributed by atoms with Crippen LogP contribution in [0.1, 0.15) is 19.8 Å². The van der Waals surface area contributed by atoms with E-state index in [4.69, 9.17) is 9.47 Å². The maximum atomic E-state index is 12.8. The summed E-state index contributed by atoms with van der Waals surface area (Å²) < 4.78 is 35.1. The highest BCUT2D eigenvalue weighted by molar-refractivity contribution is 5.71. The molecule has 0 fully saturated rings. The van der Waals surface area contributed by atoms with E-state index in [1.165, 1.54) is 6.07 Å². The Morgan fingerprint density at radius 2 is 2.06 bits per heavy atom. The van der Waals surface area contributed by atoms with Crippen molar-refractivity contribution in [2.24, 2.45) is 0 Å². The molecule has 0 amide bonds. The fourth-order valence-electron chi connectivity index (χ4n) is 1.08. The lowest BCUT2D eigenvalue weighted by Gasteiger charge is -2.06. The van der Waals surface area contributed by atoms with Crippen LogP contribution in [0.3, 0.4) is 0 Å². The Morgan fingerprint density at radius 1 is 1.29 bits per heavy atom. The van der Waals surface area contributed by atoms with Gasteiger partial charge in [-0.05, 0) is 18.6 Å². The predicted molar refractivity (Wildman–Crippen MR) is 57.7 cm³/mol. The van der Waals surface area contributed by atoms with Crippen LogP contribution >= 0.6 is 0 Å². The molecular weight excluding hydrogens is 230 g/mol. The Balaban J connectivity index is 2.34. The molecule has 1 aromatic carbocycles. The van der Waals surface area contributed by atoms with Crippen molar-refractivity contribution in [2.75, 3.05) is 13.2 Å². The zero-order chi connectivity index (χ0) is 12.7. The highest BCUT2D eigenvalue weighted by Crippen LogP contribution is 2.15. The summed E-state index contributed by atoms with van der Waals surface area (Å²) in [5.74, 6) is -2.40. The third-order valence-corrected chi connectivity index (χ3v) is 2.01. The number of ether oxygens (including phenoxy) is 2. The summed E-state index contributed by atoms with van der Waals surface area (Å²) in [7, 11) is 0. The summed E-state index contributed by atoms with van der Waals surface area (Å²) in [6.07, 6.45) is 1.72. The van der Waals surface area contributed by atoms with Gasteiger partial charge in [-0.25, -0.2) is 13.6 Å². The number of esters is 1. The van der Waals surface area contributed by atoms with Crippen LogP contribution in [0, 0.1) is 11.6 Å². The third-order valence-electron chi connectivity index (χ3n) is 2.01. The molecule has 0 aromatic heterocycles. The molecule has 0 atom stereocenters. The monoisotopic (exact) mass is 244 g/mol. The van der Waals surface area contributed by atoms with E-state index in [1.54, 1.807) is 0 Å². The van der Waals surface area contributed by atoms with Crippen LogP contribution in [-0.4, -0.2) is 19.2 Å². The Kier molecular flexibility index (Phi) is 5.39. The van der Waals surface area contributed by atoms with Crippen molar-refractivity contribution < 1.29 is 23.0 Å². The minimum Gasteiger partial charge on any atom is -0.482 e. The van der Waals surface area contributed by atoms with Gasteiger partial charge in [0, 0.05) is 6.07 Å². The molecule has 1 aromatic rings. The van der Waals surface area contributed by atoms with Crippen LogP contribution in [0.15, 0.2) is 18.2 Å².